The van der Waals surface area contributed by atoms with Gasteiger partial charge in [-0.1, -0.05) is 34.6 Å². The van der Waals surface area contributed by atoms with E-state index in [1.165, 1.54) is 6.92 Å². The van der Waals surface area contributed by atoms with Gasteiger partial charge in [0.1, 0.15) is 17.8 Å². The molecule has 2 N–H and O–H groups in total. The minimum atomic E-state index is -0.619. The number of aliphatic hydroxyl groups excluding tert-OH is 2. The van der Waals surface area contributed by atoms with Crippen LogP contribution in [0.2, 0.25) is 0 Å². The molecule has 2 heterocycles. The van der Waals surface area contributed by atoms with E-state index in [9.17, 15) is 15.0 Å². The highest BCUT2D eigenvalue weighted by Crippen LogP contribution is 2.82. The van der Waals surface area contributed by atoms with Crippen LogP contribution in [0, 0.1) is 33.5 Å². The Morgan fingerprint density at radius 3 is 2.47 bits per heavy atom. The van der Waals surface area contributed by atoms with Gasteiger partial charge in [-0.15, -0.1) is 0 Å². The van der Waals surface area contributed by atoms with Crippen molar-refractivity contribution in [2.45, 2.75) is 110 Å². The summed E-state index contributed by atoms with van der Waals surface area (Å²) in [5, 5.41) is 22.5. The standard InChI is InChI=1S/C28H40O6/c1-15(29)33-20-13-18-24(2,3)19(30)8-10-25(18,4)17-7-11-26(5)21(16-9-12-32-14-16)22(31)23-28(26,34-23)27(17,20)6/h9,12,14,17-23,30-31H,7-8,10-11,13H2,1-6H3/t17-,18+,19?,20-,21-,22?,23-,25-,26+,27+,28-/m1/s1. The molecular formula is C28H40O6. The number of epoxide rings is 1. The van der Waals surface area contributed by atoms with Crippen LogP contribution in [-0.2, 0) is 14.3 Å². The van der Waals surface area contributed by atoms with Gasteiger partial charge in [0.15, 0.2) is 0 Å². The Hall–Kier alpha value is -1.37. The van der Waals surface area contributed by atoms with Crippen molar-refractivity contribution in [3.63, 3.8) is 0 Å². The maximum Gasteiger partial charge on any atom is 0.302 e. The summed E-state index contributed by atoms with van der Waals surface area (Å²) in [6.07, 6.45) is 6.27. The first-order chi connectivity index (χ1) is 15.9. The number of furan rings is 1. The molecule has 0 bridgehead atoms. The van der Waals surface area contributed by atoms with Crippen LogP contribution in [0.3, 0.4) is 0 Å². The average molecular weight is 473 g/mol. The van der Waals surface area contributed by atoms with Crippen molar-refractivity contribution >= 4 is 5.97 Å². The van der Waals surface area contributed by atoms with Crippen LogP contribution in [0.15, 0.2) is 23.0 Å². The predicted molar refractivity (Wildman–Crippen MR) is 125 cm³/mol. The number of rotatable bonds is 2. The van der Waals surface area contributed by atoms with E-state index in [1.54, 1.807) is 12.5 Å². The third-order valence-corrected chi connectivity index (χ3v) is 12.0. The molecule has 6 rings (SSSR count). The third-order valence-electron chi connectivity index (χ3n) is 12.0. The van der Waals surface area contributed by atoms with E-state index in [1.807, 2.05) is 6.07 Å². The van der Waals surface area contributed by atoms with E-state index >= 15 is 0 Å². The molecule has 0 aromatic carbocycles. The summed E-state index contributed by atoms with van der Waals surface area (Å²) in [5.74, 6) is 0.160. The van der Waals surface area contributed by atoms with Crippen LogP contribution in [0.4, 0.5) is 0 Å². The zero-order chi connectivity index (χ0) is 24.5. The first-order valence-corrected chi connectivity index (χ1v) is 13.1. The summed E-state index contributed by atoms with van der Waals surface area (Å²) in [6, 6.07) is 1.97. The molecule has 1 aromatic rings. The lowest BCUT2D eigenvalue weighted by molar-refractivity contribution is -0.262. The smallest absolute Gasteiger partial charge is 0.302 e. The van der Waals surface area contributed by atoms with Gasteiger partial charge in [0.25, 0.3) is 0 Å². The maximum absolute atomic E-state index is 12.4. The molecule has 1 aliphatic heterocycles. The molecule has 0 amide bonds. The number of fused-ring (bicyclic) bond motifs is 3. The molecule has 5 fully saturated rings. The summed E-state index contributed by atoms with van der Waals surface area (Å²) >= 11 is 0. The second kappa shape index (κ2) is 6.68. The van der Waals surface area contributed by atoms with Crippen LogP contribution < -0.4 is 0 Å². The Bertz CT molecular complexity index is 1000. The summed E-state index contributed by atoms with van der Waals surface area (Å²) < 4.78 is 18.3. The van der Waals surface area contributed by atoms with Gasteiger partial charge < -0.3 is 24.1 Å². The van der Waals surface area contributed by atoms with Gasteiger partial charge in [0.2, 0.25) is 0 Å². The third kappa shape index (κ3) is 2.37. The molecule has 1 spiro atoms. The first kappa shape index (κ1) is 23.1. The van der Waals surface area contributed by atoms with Crippen LogP contribution in [-0.4, -0.2) is 46.2 Å². The van der Waals surface area contributed by atoms with Gasteiger partial charge in [0, 0.05) is 23.7 Å². The van der Waals surface area contributed by atoms with Crippen molar-refractivity contribution < 1.29 is 28.9 Å². The van der Waals surface area contributed by atoms with Crippen molar-refractivity contribution in [1.29, 1.82) is 0 Å². The Morgan fingerprint density at radius 1 is 1.09 bits per heavy atom. The number of hydrogen-bond donors (Lipinski definition) is 2. The SMILES string of the molecule is CC(=O)O[C@@H]1C[C@H]2C(C)(C)C(O)CC[C@]2(C)[C@H]2CC[C@@]3(C)[C@H](c4ccoc4)C(O)[C@H]4O[C@]43[C@@]21C. The second-order valence-corrected chi connectivity index (χ2v) is 13.4. The molecule has 6 nitrogen and oxygen atoms in total. The summed E-state index contributed by atoms with van der Waals surface area (Å²) in [4.78, 5) is 12.4. The largest absolute Gasteiger partial charge is 0.472 e. The molecule has 2 unspecified atom stereocenters. The molecule has 5 aliphatic rings. The van der Waals surface area contributed by atoms with E-state index < -0.39 is 17.1 Å². The van der Waals surface area contributed by atoms with Crippen molar-refractivity contribution in [2.75, 3.05) is 0 Å². The molecule has 11 atom stereocenters. The van der Waals surface area contributed by atoms with Gasteiger partial charge in [-0.05, 0) is 66.4 Å². The van der Waals surface area contributed by atoms with Crippen molar-refractivity contribution in [1.82, 2.24) is 0 Å². The van der Waals surface area contributed by atoms with Gasteiger partial charge in [-0.3, -0.25) is 4.79 Å². The Labute approximate surface area is 202 Å². The monoisotopic (exact) mass is 472 g/mol. The fourth-order valence-corrected chi connectivity index (χ4v) is 10.5. The van der Waals surface area contributed by atoms with E-state index in [0.29, 0.717) is 6.42 Å². The van der Waals surface area contributed by atoms with Gasteiger partial charge >= 0.3 is 5.97 Å². The van der Waals surface area contributed by atoms with E-state index in [2.05, 4.69) is 34.6 Å². The maximum atomic E-state index is 12.4. The Kier molecular flexibility index (Phi) is 4.53. The summed E-state index contributed by atoms with van der Waals surface area (Å²) in [6.45, 7) is 12.8. The molecular weight excluding hydrogens is 432 g/mol. The summed E-state index contributed by atoms with van der Waals surface area (Å²) in [5.41, 5.74) is -0.517. The molecule has 188 valence electrons. The minimum Gasteiger partial charge on any atom is -0.472 e. The van der Waals surface area contributed by atoms with E-state index in [-0.39, 0.29) is 58.3 Å². The summed E-state index contributed by atoms with van der Waals surface area (Å²) in [7, 11) is 0. The number of ether oxygens (including phenoxy) is 2. The number of carbonyl (C=O) groups excluding carboxylic acids is 1. The average Bonchev–Trinajstić information content (AvgIpc) is 3.24. The highest BCUT2D eigenvalue weighted by atomic mass is 16.6. The first-order valence-electron chi connectivity index (χ1n) is 13.1. The second-order valence-electron chi connectivity index (χ2n) is 13.4. The fourth-order valence-electron chi connectivity index (χ4n) is 10.5. The number of hydrogen-bond acceptors (Lipinski definition) is 6. The molecule has 4 saturated carbocycles. The molecule has 34 heavy (non-hydrogen) atoms. The quantitative estimate of drug-likeness (QED) is 0.488. The van der Waals surface area contributed by atoms with Crippen LogP contribution >= 0.6 is 0 Å². The van der Waals surface area contributed by atoms with Crippen molar-refractivity contribution in [2.24, 2.45) is 33.5 Å². The molecule has 1 saturated heterocycles. The van der Waals surface area contributed by atoms with Crippen LogP contribution in [0.5, 0.6) is 0 Å². The lowest BCUT2D eigenvalue weighted by Crippen LogP contribution is -2.71. The van der Waals surface area contributed by atoms with Crippen LogP contribution in [0.25, 0.3) is 0 Å². The Balaban J connectivity index is 1.51. The lowest BCUT2D eigenvalue weighted by atomic mass is 9.35. The zero-order valence-electron chi connectivity index (χ0n) is 21.3. The zero-order valence-corrected chi connectivity index (χ0v) is 21.3. The van der Waals surface area contributed by atoms with Gasteiger partial charge in [-0.2, -0.15) is 0 Å². The van der Waals surface area contributed by atoms with E-state index in [0.717, 1.165) is 31.2 Å². The Morgan fingerprint density at radius 2 is 1.82 bits per heavy atom. The minimum absolute atomic E-state index is 0.000607. The van der Waals surface area contributed by atoms with Crippen molar-refractivity contribution in [3.05, 3.63) is 24.2 Å². The molecule has 0 radical (unpaired) electrons. The topological polar surface area (TPSA) is 92.4 Å². The highest BCUT2D eigenvalue weighted by molar-refractivity contribution is 5.66. The number of esters is 1. The molecule has 1 aromatic heterocycles. The normalized spacial score (nSPS) is 54.9. The van der Waals surface area contributed by atoms with Crippen LogP contribution in [0.1, 0.15) is 85.1 Å². The number of aliphatic hydroxyl groups is 2. The van der Waals surface area contributed by atoms with E-state index in [4.69, 9.17) is 13.9 Å². The lowest BCUT2D eigenvalue weighted by Gasteiger charge is -2.69. The van der Waals surface area contributed by atoms with Gasteiger partial charge in [0.05, 0.1) is 24.7 Å². The number of carbonyl (C=O) groups is 1. The predicted octanol–water partition coefficient (Wildman–Crippen LogP) is 4.44. The van der Waals surface area contributed by atoms with Crippen molar-refractivity contribution in [3.8, 4) is 0 Å². The fraction of sp³-hybridized carbons (Fsp3) is 0.821. The molecule has 4 aliphatic carbocycles. The molecule has 6 heteroatoms. The van der Waals surface area contributed by atoms with Gasteiger partial charge in [-0.25, -0.2) is 0 Å². The highest BCUT2D eigenvalue weighted by Gasteiger charge is 2.89.